The minimum atomic E-state index is -1.04. The van der Waals surface area contributed by atoms with Gasteiger partial charge in [-0.2, -0.15) is 0 Å². The molecule has 1 fully saturated rings. The first kappa shape index (κ1) is 32.1. The first-order chi connectivity index (χ1) is 22.7. The Morgan fingerprint density at radius 2 is 1.50 bits per heavy atom. The minimum Gasteiger partial charge on any atom is -0.502 e. The van der Waals surface area contributed by atoms with Gasteiger partial charge in [-0.1, -0.05) is 11.6 Å². The van der Waals surface area contributed by atoms with E-state index in [1.165, 1.54) is 58.3 Å². The van der Waals surface area contributed by atoms with Crippen molar-refractivity contribution < 1.29 is 43.6 Å². The van der Waals surface area contributed by atoms with Crippen molar-refractivity contribution in [2.75, 3.05) is 38.1 Å². The van der Waals surface area contributed by atoms with Gasteiger partial charge in [-0.25, -0.2) is 4.90 Å². The molecular formula is C33H30N4O11. The van der Waals surface area contributed by atoms with Crippen molar-refractivity contribution in [3.05, 3.63) is 84.5 Å². The molecule has 3 aliphatic carbocycles. The first-order valence-electron chi connectivity index (χ1n) is 14.9. The fourth-order valence-corrected chi connectivity index (χ4v) is 7.53. The molecular weight excluding hydrogens is 628 g/mol. The maximum Gasteiger partial charge on any atom is 0.301 e. The molecule has 2 amide bonds. The van der Waals surface area contributed by atoms with E-state index in [2.05, 4.69) is 0 Å². The van der Waals surface area contributed by atoms with Crippen LogP contribution in [0.1, 0.15) is 31.2 Å². The van der Waals surface area contributed by atoms with Gasteiger partial charge in [-0.05, 0) is 49.5 Å². The van der Waals surface area contributed by atoms with Crippen LogP contribution in [0, 0.1) is 38.0 Å². The van der Waals surface area contributed by atoms with E-state index in [1.807, 2.05) is 0 Å². The molecule has 0 unspecified atom stereocenters. The van der Waals surface area contributed by atoms with Crippen LogP contribution in [0.3, 0.4) is 0 Å². The van der Waals surface area contributed by atoms with Crippen molar-refractivity contribution in [1.82, 2.24) is 0 Å². The van der Waals surface area contributed by atoms with Crippen LogP contribution in [0.4, 0.5) is 22.7 Å². The van der Waals surface area contributed by atoms with E-state index in [1.54, 1.807) is 6.08 Å². The molecule has 2 aromatic carbocycles. The molecule has 248 valence electrons. The molecule has 48 heavy (non-hydrogen) atoms. The fourth-order valence-electron chi connectivity index (χ4n) is 7.53. The highest BCUT2D eigenvalue weighted by Crippen LogP contribution is 2.57. The summed E-state index contributed by atoms with van der Waals surface area (Å²) in [7, 11) is 5.49. The molecule has 4 atom stereocenters. The van der Waals surface area contributed by atoms with E-state index >= 15 is 0 Å². The number of carbonyl (C=O) groups excluding carboxylic acids is 4. The number of ether oxygens (including phenoxy) is 2. The summed E-state index contributed by atoms with van der Waals surface area (Å²) in [6.45, 7) is 1.54. The van der Waals surface area contributed by atoms with E-state index in [4.69, 9.17) is 9.47 Å². The Bertz CT molecular complexity index is 1910. The quantitative estimate of drug-likeness (QED) is 0.148. The van der Waals surface area contributed by atoms with Gasteiger partial charge in [-0.3, -0.25) is 39.4 Å². The maximum atomic E-state index is 14.3. The molecule has 1 saturated heterocycles. The molecule has 1 N–H and O–H groups in total. The predicted octanol–water partition coefficient (Wildman–Crippen LogP) is 3.93. The number of benzene rings is 2. The lowest BCUT2D eigenvalue weighted by Crippen LogP contribution is -2.39. The Morgan fingerprint density at radius 3 is 2.02 bits per heavy atom. The lowest BCUT2D eigenvalue weighted by atomic mass is 9.59. The number of methoxy groups -OCH3 is 2. The standard InChI is InChI=1S/C33H30N4O11/c1-14-8-23(38)20-13-19-17(26(28(20)30(14)39)15-9-24(47-4)31(40)25(10-15)48-5)6-7-18-27(19)33(42)35(32(18)41)16-11-21(36(43)44)29(34(2)3)22(12-16)37(45)46/h6,8-12,18-19,26-27,40H,7,13H2,1-5H3/t18-,19+,26-,27-/m0/s1. The number of aromatic hydroxyl groups is 1. The van der Waals surface area contributed by atoms with Crippen LogP contribution in [0.5, 0.6) is 17.2 Å². The van der Waals surface area contributed by atoms with Crippen molar-refractivity contribution in [2.45, 2.75) is 25.7 Å². The number of hydrogen-bond acceptors (Lipinski definition) is 12. The number of phenolic OH excluding ortho intramolecular Hbond substituents is 1. The zero-order valence-electron chi connectivity index (χ0n) is 26.5. The summed E-state index contributed by atoms with van der Waals surface area (Å²) in [6.07, 6.45) is 3.03. The fraction of sp³-hybridized carbons (Fsp3) is 0.333. The summed E-state index contributed by atoms with van der Waals surface area (Å²) < 4.78 is 10.7. The third kappa shape index (κ3) is 4.64. The number of ketones is 2. The van der Waals surface area contributed by atoms with Gasteiger partial charge in [0.2, 0.25) is 17.6 Å². The highest BCUT2D eigenvalue weighted by Gasteiger charge is 2.57. The number of imide groups is 1. The summed E-state index contributed by atoms with van der Waals surface area (Å²) in [5, 5.41) is 34.7. The third-order valence-electron chi connectivity index (χ3n) is 9.55. The Kier molecular flexibility index (Phi) is 7.65. The summed E-state index contributed by atoms with van der Waals surface area (Å²) in [5.74, 6) is -5.98. The van der Waals surface area contributed by atoms with Crippen LogP contribution < -0.4 is 19.3 Å². The van der Waals surface area contributed by atoms with Gasteiger partial charge in [-0.15, -0.1) is 0 Å². The lowest BCUT2D eigenvalue weighted by molar-refractivity contribution is -0.392. The van der Waals surface area contributed by atoms with E-state index < -0.39 is 62.5 Å². The second-order valence-corrected chi connectivity index (χ2v) is 12.3. The molecule has 15 heteroatoms. The Labute approximate surface area is 273 Å². The molecule has 15 nitrogen and oxygen atoms in total. The Hall–Kier alpha value is -5.86. The van der Waals surface area contributed by atoms with Gasteiger partial charge in [0.15, 0.2) is 28.8 Å². The van der Waals surface area contributed by atoms with Gasteiger partial charge >= 0.3 is 11.4 Å². The van der Waals surface area contributed by atoms with Crippen molar-refractivity contribution in [3.8, 4) is 17.2 Å². The van der Waals surface area contributed by atoms with E-state index in [9.17, 15) is 44.5 Å². The van der Waals surface area contributed by atoms with Crippen LogP contribution in [0.2, 0.25) is 0 Å². The molecule has 0 spiro atoms. The number of allylic oxidation sites excluding steroid dienone is 6. The van der Waals surface area contributed by atoms with E-state index in [0.717, 1.165) is 17.0 Å². The normalized spacial score (nSPS) is 23.2. The largest absolute Gasteiger partial charge is 0.502 e. The summed E-state index contributed by atoms with van der Waals surface area (Å²) in [6, 6.07) is 4.98. The lowest BCUT2D eigenvalue weighted by Gasteiger charge is -2.42. The third-order valence-corrected chi connectivity index (χ3v) is 9.55. The number of Topliss-reactive ketones (excluding diaryl/α,β-unsaturated/α-hetero) is 1. The highest BCUT2D eigenvalue weighted by molar-refractivity contribution is 6.25. The number of anilines is 2. The van der Waals surface area contributed by atoms with Gasteiger partial charge in [0.05, 0.1) is 41.6 Å². The van der Waals surface area contributed by atoms with Crippen LogP contribution in [0.15, 0.2) is 58.7 Å². The number of nitrogens with zero attached hydrogens (tertiary/aromatic N) is 4. The number of nitro groups is 2. The smallest absolute Gasteiger partial charge is 0.301 e. The molecule has 0 aromatic heterocycles. The Morgan fingerprint density at radius 1 is 0.917 bits per heavy atom. The zero-order valence-corrected chi connectivity index (χ0v) is 26.5. The van der Waals surface area contributed by atoms with E-state index in [0.29, 0.717) is 11.1 Å². The number of rotatable bonds is 7. The van der Waals surface area contributed by atoms with Gasteiger partial charge < -0.3 is 19.5 Å². The Balaban J connectivity index is 1.51. The predicted molar refractivity (Wildman–Crippen MR) is 169 cm³/mol. The van der Waals surface area contributed by atoms with Crippen LogP contribution in [-0.4, -0.2) is 66.6 Å². The van der Waals surface area contributed by atoms with Gasteiger partial charge in [0.1, 0.15) is 0 Å². The number of amides is 2. The van der Waals surface area contributed by atoms with Crippen molar-refractivity contribution in [3.63, 3.8) is 0 Å². The number of phenols is 1. The SMILES string of the molecule is COc1cc([C@H]2C3=CC[C@@H]4C(=O)N(c5cc([N+](=O)[O-])c(N(C)C)c([N+](=O)[O-])c5)C(=O)[C@@H]4[C@@H]3CC3=C2C(=O)C(C)=CC3=O)cc(OC)c1O. The van der Waals surface area contributed by atoms with Crippen LogP contribution in [0.25, 0.3) is 0 Å². The van der Waals surface area contributed by atoms with Gasteiger partial charge in [0.25, 0.3) is 0 Å². The number of hydrogen-bond donors (Lipinski definition) is 1. The van der Waals surface area contributed by atoms with Crippen LogP contribution >= 0.6 is 0 Å². The van der Waals surface area contributed by atoms with Crippen molar-refractivity contribution >= 4 is 46.1 Å². The molecule has 0 radical (unpaired) electrons. The second-order valence-electron chi connectivity index (χ2n) is 12.3. The molecule has 6 rings (SSSR count). The average molecular weight is 659 g/mol. The van der Waals surface area contributed by atoms with Gasteiger partial charge in [0, 0.05) is 48.9 Å². The molecule has 4 aliphatic rings. The zero-order chi connectivity index (χ0) is 34.9. The molecule has 0 bridgehead atoms. The van der Waals surface area contributed by atoms with Crippen molar-refractivity contribution in [2.24, 2.45) is 17.8 Å². The second kappa shape index (κ2) is 11.4. The first-order valence-corrected chi connectivity index (χ1v) is 14.9. The topological polar surface area (TPSA) is 200 Å². The van der Waals surface area contributed by atoms with Crippen molar-refractivity contribution in [1.29, 1.82) is 0 Å². The number of nitro benzene ring substituents is 2. The molecule has 1 aliphatic heterocycles. The molecule has 0 saturated carbocycles. The van der Waals surface area contributed by atoms with Crippen LogP contribution in [-0.2, 0) is 19.2 Å². The molecule has 1 heterocycles. The molecule has 2 aromatic rings. The number of fused-ring (bicyclic) bond motifs is 3. The monoisotopic (exact) mass is 658 g/mol. The maximum absolute atomic E-state index is 14.3. The average Bonchev–Trinajstić information content (AvgIpc) is 3.31. The summed E-state index contributed by atoms with van der Waals surface area (Å²) in [4.78, 5) is 79.8. The summed E-state index contributed by atoms with van der Waals surface area (Å²) >= 11 is 0. The summed E-state index contributed by atoms with van der Waals surface area (Å²) in [5.41, 5.74) is -0.247. The van der Waals surface area contributed by atoms with E-state index in [-0.39, 0.29) is 64.0 Å². The highest BCUT2D eigenvalue weighted by atomic mass is 16.6. The number of carbonyl (C=O) groups is 4. The minimum absolute atomic E-state index is 0.0355.